The van der Waals surface area contributed by atoms with Gasteiger partial charge in [-0.25, -0.2) is 14.2 Å². The maximum atomic E-state index is 14.9. The lowest BCUT2D eigenvalue weighted by Gasteiger charge is -2.38. The molecule has 1 aromatic heterocycles. The molecule has 7 rings (SSSR count). The third-order valence-electron chi connectivity index (χ3n) is 11.0. The Labute approximate surface area is 324 Å². The van der Waals surface area contributed by atoms with Crippen molar-refractivity contribution >= 4 is 35.0 Å². The van der Waals surface area contributed by atoms with Gasteiger partial charge in [0.1, 0.15) is 29.0 Å². The topological polar surface area (TPSA) is 166 Å². The largest absolute Gasteiger partial charge is 0.497 e. The van der Waals surface area contributed by atoms with E-state index in [1.165, 1.54) is 17.0 Å². The van der Waals surface area contributed by atoms with E-state index in [0.717, 1.165) is 24.8 Å². The number of carbonyl (C=O) groups excluding carboxylic acids is 4. The number of nitrogens with one attached hydrogen (secondary N) is 1. The van der Waals surface area contributed by atoms with E-state index < -0.39 is 40.8 Å². The molecule has 4 amide bonds. The normalized spacial score (nSPS) is 24.6. The van der Waals surface area contributed by atoms with Gasteiger partial charge in [-0.05, 0) is 86.7 Å². The first kappa shape index (κ1) is 38.2. The number of aryl methyl sites for hydroxylation is 1. The van der Waals surface area contributed by atoms with Crippen molar-refractivity contribution in [3.8, 4) is 28.8 Å². The number of aromatic nitrogens is 2. The number of primary amides is 1. The fraction of sp³-hybridized carbons (Fsp3) is 0.381. The summed E-state index contributed by atoms with van der Waals surface area (Å²) < 4.78 is 31.4. The van der Waals surface area contributed by atoms with Crippen LogP contribution in [0.2, 0.25) is 0 Å². The Morgan fingerprint density at radius 3 is 2.46 bits per heavy atom. The molecule has 0 bridgehead atoms. The first-order chi connectivity index (χ1) is 27.0. The Hall–Kier alpha value is -6.05. The van der Waals surface area contributed by atoms with Gasteiger partial charge in [-0.3, -0.25) is 19.3 Å². The van der Waals surface area contributed by atoms with Gasteiger partial charge >= 0.3 is 6.03 Å². The number of fused-ring (bicyclic) bond motifs is 3. The summed E-state index contributed by atoms with van der Waals surface area (Å²) in [5, 5.41) is 3.29. The highest BCUT2D eigenvalue weighted by atomic mass is 19.1. The van der Waals surface area contributed by atoms with Crippen LogP contribution in [0.4, 0.5) is 9.18 Å². The van der Waals surface area contributed by atoms with Crippen LogP contribution in [0.3, 0.4) is 0 Å². The molecule has 2 fully saturated rings. The van der Waals surface area contributed by atoms with Gasteiger partial charge in [-0.2, -0.15) is 4.98 Å². The van der Waals surface area contributed by atoms with Crippen LogP contribution in [0.25, 0.3) is 22.3 Å². The number of nitrogens with two attached hydrogens (primary N) is 1. The zero-order valence-corrected chi connectivity index (χ0v) is 31.5. The fourth-order valence-corrected chi connectivity index (χ4v) is 7.71. The zero-order chi connectivity index (χ0) is 39.6. The number of amides is 4. The predicted molar refractivity (Wildman–Crippen MR) is 205 cm³/mol. The molecule has 4 aromatic rings. The lowest BCUT2D eigenvalue weighted by molar-refractivity contribution is -0.141. The van der Waals surface area contributed by atoms with Crippen molar-refractivity contribution in [2.75, 3.05) is 27.3 Å². The smallest absolute Gasteiger partial charge is 0.321 e. The molecule has 0 spiro atoms. The molecule has 1 saturated carbocycles. The maximum absolute atomic E-state index is 14.9. The van der Waals surface area contributed by atoms with E-state index >= 15 is 0 Å². The van der Waals surface area contributed by atoms with Gasteiger partial charge in [0, 0.05) is 36.6 Å². The number of allylic oxidation sites excluding steroid dienone is 1. The van der Waals surface area contributed by atoms with Gasteiger partial charge in [-0.15, -0.1) is 0 Å². The van der Waals surface area contributed by atoms with E-state index in [1.54, 1.807) is 55.5 Å². The Balaban J connectivity index is 1.31. The molecule has 1 aliphatic carbocycles. The van der Waals surface area contributed by atoms with Crippen LogP contribution >= 0.6 is 0 Å². The van der Waals surface area contributed by atoms with E-state index in [-0.39, 0.29) is 37.1 Å². The summed E-state index contributed by atoms with van der Waals surface area (Å²) in [6.07, 6.45) is 7.99. The van der Waals surface area contributed by atoms with Gasteiger partial charge in [0.15, 0.2) is 5.82 Å². The highest BCUT2D eigenvalue weighted by Crippen LogP contribution is 2.45. The highest BCUT2D eigenvalue weighted by Gasteiger charge is 2.63. The summed E-state index contributed by atoms with van der Waals surface area (Å²) in [7, 11) is 3.11. The lowest BCUT2D eigenvalue weighted by Crippen LogP contribution is -2.67. The molecule has 1 saturated heterocycles. The zero-order valence-electron chi connectivity index (χ0n) is 31.5. The van der Waals surface area contributed by atoms with Crippen LogP contribution in [0, 0.1) is 18.7 Å². The SMILES string of the molecule is COc1ccc(CN2CCCCC/C=C/C3CC3([C]=O)NC(=O)C3(C(N)=O)CC(Oc4nc(-c5ccc(F)cc5)nc5c(C)c(OC)ccc45)CN3C2=O)cc1. The molecule has 4 atom stereocenters. The lowest BCUT2D eigenvalue weighted by atomic mass is 9.92. The van der Waals surface area contributed by atoms with Gasteiger partial charge in [-0.1, -0.05) is 30.7 Å². The Kier molecular flexibility index (Phi) is 10.6. The number of carbonyl (C=O) groups is 3. The van der Waals surface area contributed by atoms with Gasteiger partial charge in [0.2, 0.25) is 17.7 Å². The number of hydrogen-bond donors (Lipinski definition) is 2. The predicted octanol–water partition coefficient (Wildman–Crippen LogP) is 5.18. The molecular formula is C42H44FN6O7. The second-order valence-corrected chi connectivity index (χ2v) is 14.6. The van der Waals surface area contributed by atoms with Gasteiger partial charge in [0.25, 0.3) is 11.8 Å². The van der Waals surface area contributed by atoms with Crippen molar-refractivity contribution in [2.24, 2.45) is 11.7 Å². The minimum absolute atomic E-state index is 0.112. The van der Waals surface area contributed by atoms with Gasteiger partial charge < -0.3 is 30.2 Å². The summed E-state index contributed by atoms with van der Waals surface area (Å²) in [4.78, 5) is 68.1. The molecule has 13 nitrogen and oxygen atoms in total. The van der Waals surface area contributed by atoms with Crippen LogP contribution in [0.5, 0.6) is 17.4 Å². The van der Waals surface area contributed by atoms with E-state index in [4.69, 9.17) is 29.9 Å². The number of benzene rings is 3. The first-order valence-corrected chi connectivity index (χ1v) is 18.7. The summed E-state index contributed by atoms with van der Waals surface area (Å²) in [6.45, 7) is 2.12. The standard InChI is InChI=1S/C42H44FN6O7/c1-26-34(55-3)19-18-33-35(26)45-36(28-12-14-30(43)15-13-28)46-37(33)56-32-22-42(38(44)51)39(52)47-41(25-50)21-29(41)9-7-5-4-6-8-20-48(40(53)49(42)24-32)23-27-10-16-31(54-2)17-11-27/h7,9-19,29,32H,4-6,8,20-24H2,1-3H3,(H2,44,51)(H,47,52)/b9-7+. The molecule has 3 aromatic carbocycles. The van der Waals surface area contributed by atoms with E-state index in [9.17, 15) is 23.6 Å². The Bertz CT molecular complexity index is 2180. The second-order valence-electron chi connectivity index (χ2n) is 14.6. The first-order valence-electron chi connectivity index (χ1n) is 18.7. The number of rotatable bonds is 9. The van der Waals surface area contributed by atoms with Crippen molar-refractivity contribution in [3.63, 3.8) is 0 Å². The molecule has 1 radical (unpaired) electrons. The van der Waals surface area contributed by atoms with E-state index in [1.807, 2.05) is 37.5 Å². The molecule has 3 N–H and O–H groups in total. The monoisotopic (exact) mass is 763 g/mol. The van der Waals surface area contributed by atoms with Crippen molar-refractivity contribution in [1.82, 2.24) is 25.1 Å². The minimum Gasteiger partial charge on any atom is -0.497 e. The fourth-order valence-electron chi connectivity index (χ4n) is 7.71. The van der Waals surface area contributed by atoms with Crippen LogP contribution in [-0.2, 0) is 20.9 Å². The third-order valence-corrected chi connectivity index (χ3v) is 11.0. The van der Waals surface area contributed by atoms with Crippen LogP contribution in [-0.4, -0.2) is 88.4 Å². The molecular weight excluding hydrogens is 719 g/mol. The number of urea groups is 1. The number of methoxy groups -OCH3 is 2. The van der Waals surface area contributed by atoms with Crippen LogP contribution < -0.4 is 25.3 Å². The van der Waals surface area contributed by atoms with Crippen molar-refractivity contribution < 1.29 is 37.8 Å². The average molecular weight is 764 g/mol. The van der Waals surface area contributed by atoms with Crippen LogP contribution in [0.15, 0.2) is 72.8 Å². The minimum atomic E-state index is -2.25. The Morgan fingerprint density at radius 1 is 1.00 bits per heavy atom. The van der Waals surface area contributed by atoms with E-state index in [0.29, 0.717) is 52.9 Å². The van der Waals surface area contributed by atoms with E-state index in [2.05, 4.69) is 5.32 Å². The summed E-state index contributed by atoms with van der Waals surface area (Å²) in [5.41, 5.74) is 5.08. The number of hydrogen-bond acceptors (Lipinski definition) is 9. The molecule has 291 valence electrons. The van der Waals surface area contributed by atoms with Crippen molar-refractivity contribution in [1.29, 1.82) is 0 Å². The molecule has 2 aliphatic heterocycles. The molecule has 56 heavy (non-hydrogen) atoms. The third kappa shape index (κ3) is 7.23. The Morgan fingerprint density at radius 2 is 1.77 bits per heavy atom. The van der Waals surface area contributed by atoms with Gasteiger partial charge in [0.05, 0.1) is 31.7 Å². The van der Waals surface area contributed by atoms with Crippen molar-refractivity contribution in [2.45, 2.75) is 69.2 Å². The number of halogens is 1. The van der Waals surface area contributed by atoms with Crippen LogP contribution in [0.1, 0.15) is 49.7 Å². The second kappa shape index (κ2) is 15.6. The summed E-state index contributed by atoms with van der Waals surface area (Å²) in [6, 6.07) is 15.9. The highest BCUT2D eigenvalue weighted by molar-refractivity contribution is 6.13. The summed E-state index contributed by atoms with van der Waals surface area (Å²) >= 11 is 0. The molecule has 3 aliphatic rings. The maximum Gasteiger partial charge on any atom is 0.321 e. The van der Waals surface area contributed by atoms with Crippen molar-refractivity contribution in [3.05, 3.63) is 89.8 Å². The quantitative estimate of drug-likeness (QED) is 0.173. The molecule has 14 heteroatoms. The molecule has 4 unspecified atom stereocenters. The number of ether oxygens (including phenoxy) is 3. The molecule has 3 heterocycles. The average Bonchev–Trinajstić information content (AvgIpc) is 3.74. The number of nitrogens with zero attached hydrogens (tertiary/aromatic N) is 4. The summed E-state index contributed by atoms with van der Waals surface area (Å²) in [5.74, 6) is -1.14.